The Bertz CT molecular complexity index is 848. The first-order chi connectivity index (χ1) is 11.5. The van der Waals surface area contributed by atoms with Gasteiger partial charge in [-0.25, -0.2) is 13.2 Å². The fourth-order valence-corrected chi connectivity index (χ4v) is 3.06. The molecule has 2 aromatic rings. The lowest BCUT2D eigenvalue weighted by atomic mass is 9.97. The van der Waals surface area contributed by atoms with E-state index in [0.717, 1.165) is 16.7 Å². The first-order valence-corrected chi connectivity index (χ1v) is 9.62. The number of rotatable bonds is 3. The van der Waals surface area contributed by atoms with Crippen molar-refractivity contribution in [1.82, 2.24) is 0 Å². The van der Waals surface area contributed by atoms with Crippen LogP contribution in [0.25, 0.3) is 11.1 Å². The van der Waals surface area contributed by atoms with Crippen LogP contribution in [-0.4, -0.2) is 27.2 Å². The Morgan fingerprint density at radius 2 is 1.46 bits per heavy atom. The lowest BCUT2D eigenvalue weighted by Crippen LogP contribution is -1.98. The third-order valence-corrected chi connectivity index (χ3v) is 4.68. The highest BCUT2D eigenvalue weighted by Crippen LogP contribution is 2.33. The van der Waals surface area contributed by atoms with Crippen LogP contribution in [-0.2, 0) is 19.4 Å². The second kappa shape index (κ2) is 7.45. The molecule has 0 saturated carbocycles. The van der Waals surface area contributed by atoms with Crippen LogP contribution in [0.5, 0.6) is 0 Å². The highest BCUT2D eigenvalue weighted by atomic mass is 32.2. The molecule has 1 aliphatic rings. The molecule has 0 fully saturated rings. The molecule has 1 aliphatic heterocycles. The monoisotopic (exact) mass is 344 g/mol. The van der Waals surface area contributed by atoms with Gasteiger partial charge in [-0.15, -0.1) is 0 Å². The highest BCUT2D eigenvalue weighted by molar-refractivity contribution is 7.90. The van der Waals surface area contributed by atoms with E-state index in [-0.39, 0.29) is 17.5 Å². The van der Waals surface area contributed by atoms with E-state index in [4.69, 9.17) is 4.74 Å². The van der Waals surface area contributed by atoms with Crippen molar-refractivity contribution >= 4 is 27.0 Å². The summed E-state index contributed by atoms with van der Waals surface area (Å²) in [5.74, 6) is -0.353. The molecule has 2 aromatic carbocycles. The Kier molecular flexibility index (Phi) is 5.57. The van der Waals surface area contributed by atoms with Gasteiger partial charge in [0.05, 0.1) is 10.5 Å². The molecule has 4 nitrogen and oxygen atoms in total. The van der Waals surface area contributed by atoms with Gasteiger partial charge >= 0.3 is 5.97 Å². The Labute approximate surface area is 142 Å². The molecule has 24 heavy (non-hydrogen) atoms. The molecule has 0 bridgehead atoms. The van der Waals surface area contributed by atoms with Crippen molar-refractivity contribution in [2.24, 2.45) is 0 Å². The second-order valence-electron chi connectivity index (χ2n) is 5.09. The van der Waals surface area contributed by atoms with Crippen molar-refractivity contribution in [2.75, 3.05) is 12.9 Å². The van der Waals surface area contributed by atoms with Crippen LogP contribution in [0.1, 0.15) is 25.0 Å². The first-order valence-electron chi connectivity index (χ1n) is 7.73. The number of carbonyl (C=O) groups is 1. The van der Waals surface area contributed by atoms with Crippen LogP contribution in [0.4, 0.5) is 0 Å². The van der Waals surface area contributed by atoms with Gasteiger partial charge in [0.2, 0.25) is 0 Å². The molecule has 0 spiro atoms. The van der Waals surface area contributed by atoms with Gasteiger partial charge in [0.15, 0.2) is 9.84 Å². The fourth-order valence-electron chi connectivity index (χ4n) is 2.43. The molecule has 0 radical (unpaired) electrons. The smallest absolute Gasteiger partial charge is 0.339 e. The summed E-state index contributed by atoms with van der Waals surface area (Å²) in [6, 6.07) is 15.8. The molecule has 0 saturated heterocycles. The summed E-state index contributed by atoms with van der Waals surface area (Å²) in [5, 5.41) is 0. The molecular weight excluding hydrogens is 324 g/mol. The van der Waals surface area contributed by atoms with Gasteiger partial charge in [-0.3, -0.25) is 0 Å². The number of benzene rings is 2. The molecule has 1 heterocycles. The molecule has 126 valence electrons. The van der Waals surface area contributed by atoms with Crippen molar-refractivity contribution in [3.8, 4) is 0 Å². The van der Waals surface area contributed by atoms with Crippen LogP contribution in [0.3, 0.4) is 0 Å². The second-order valence-corrected chi connectivity index (χ2v) is 7.11. The zero-order chi connectivity index (χ0) is 17.7. The van der Waals surface area contributed by atoms with E-state index in [0.29, 0.717) is 5.57 Å². The summed E-state index contributed by atoms with van der Waals surface area (Å²) in [6.45, 7) is 4.20. The van der Waals surface area contributed by atoms with Gasteiger partial charge in [0.1, 0.15) is 6.61 Å². The molecule has 0 atom stereocenters. The maximum absolute atomic E-state index is 12.0. The van der Waals surface area contributed by atoms with Crippen LogP contribution >= 0.6 is 0 Å². The van der Waals surface area contributed by atoms with Crippen molar-refractivity contribution in [3.05, 3.63) is 65.7 Å². The van der Waals surface area contributed by atoms with E-state index in [1.54, 1.807) is 24.3 Å². The lowest BCUT2D eigenvalue weighted by molar-refractivity contribution is -0.133. The number of carbonyl (C=O) groups excluding carboxylic acids is 1. The van der Waals surface area contributed by atoms with Gasteiger partial charge in [-0.2, -0.15) is 0 Å². The van der Waals surface area contributed by atoms with Crippen LogP contribution in [0, 0.1) is 0 Å². The first kappa shape index (κ1) is 17.9. The largest absolute Gasteiger partial charge is 0.457 e. The summed E-state index contributed by atoms with van der Waals surface area (Å²) < 4.78 is 28.2. The lowest BCUT2D eigenvalue weighted by Gasteiger charge is -2.05. The minimum absolute atomic E-state index is 0.196. The minimum Gasteiger partial charge on any atom is -0.457 e. The number of ether oxygens (including phenoxy) is 1. The number of hydrogen-bond acceptors (Lipinski definition) is 4. The number of hydrogen-bond donors (Lipinski definition) is 0. The fraction of sp³-hybridized carbons (Fsp3) is 0.211. The van der Waals surface area contributed by atoms with Gasteiger partial charge < -0.3 is 4.74 Å². The standard InChI is InChI=1S/C17H14O4S.C2H6/c1-22(19,20)14-9-7-12(8-10-14)15-11-21-17(18)16(15)13-5-3-2-4-6-13;1-2/h2-10H,11H2,1H3;1-2H3. The minimum atomic E-state index is -3.23. The van der Waals surface area contributed by atoms with Gasteiger partial charge in [-0.1, -0.05) is 56.3 Å². The van der Waals surface area contributed by atoms with Crippen molar-refractivity contribution in [3.63, 3.8) is 0 Å². The molecule has 0 aromatic heterocycles. The number of sulfone groups is 1. The van der Waals surface area contributed by atoms with E-state index in [9.17, 15) is 13.2 Å². The highest BCUT2D eigenvalue weighted by Gasteiger charge is 2.27. The summed E-state index contributed by atoms with van der Waals surface area (Å²) in [7, 11) is -3.23. The molecule has 3 rings (SSSR count). The molecule has 0 aliphatic carbocycles. The zero-order valence-electron chi connectivity index (χ0n) is 13.9. The maximum atomic E-state index is 12.0. The quantitative estimate of drug-likeness (QED) is 0.799. The third kappa shape index (κ3) is 3.74. The molecule has 0 N–H and O–H groups in total. The topological polar surface area (TPSA) is 60.4 Å². The van der Waals surface area contributed by atoms with E-state index in [1.807, 2.05) is 44.2 Å². The average Bonchev–Trinajstić information content (AvgIpc) is 2.98. The molecular formula is C19H20O4S. The third-order valence-electron chi connectivity index (χ3n) is 3.55. The Hall–Kier alpha value is -2.40. The number of cyclic esters (lactones) is 1. The van der Waals surface area contributed by atoms with Crippen molar-refractivity contribution in [1.29, 1.82) is 0 Å². The Morgan fingerprint density at radius 3 is 2.00 bits per heavy atom. The van der Waals surface area contributed by atoms with E-state index in [2.05, 4.69) is 0 Å². The van der Waals surface area contributed by atoms with E-state index < -0.39 is 9.84 Å². The predicted molar refractivity (Wildman–Crippen MR) is 95.1 cm³/mol. The Balaban J connectivity index is 0.00000100. The van der Waals surface area contributed by atoms with Crippen LogP contribution < -0.4 is 0 Å². The normalized spacial score (nSPS) is 14.0. The number of esters is 1. The molecule has 5 heteroatoms. The zero-order valence-corrected chi connectivity index (χ0v) is 14.8. The SMILES string of the molecule is CC.CS(=O)(=O)c1ccc(C2=C(c3ccccc3)C(=O)OC2)cc1. The average molecular weight is 344 g/mol. The Morgan fingerprint density at radius 1 is 0.875 bits per heavy atom. The van der Waals surface area contributed by atoms with E-state index >= 15 is 0 Å². The van der Waals surface area contributed by atoms with Gasteiger partial charge in [0.25, 0.3) is 0 Å². The predicted octanol–water partition coefficient (Wildman–Crippen LogP) is 3.58. The summed E-state index contributed by atoms with van der Waals surface area (Å²) in [5.41, 5.74) is 2.90. The summed E-state index contributed by atoms with van der Waals surface area (Å²) >= 11 is 0. The summed E-state index contributed by atoms with van der Waals surface area (Å²) in [4.78, 5) is 12.3. The van der Waals surface area contributed by atoms with Gasteiger partial charge in [-0.05, 0) is 23.3 Å². The van der Waals surface area contributed by atoms with Crippen LogP contribution in [0.2, 0.25) is 0 Å². The molecule has 0 unspecified atom stereocenters. The van der Waals surface area contributed by atoms with Crippen molar-refractivity contribution in [2.45, 2.75) is 18.7 Å². The van der Waals surface area contributed by atoms with Crippen molar-refractivity contribution < 1.29 is 17.9 Å². The molecule has 0 amide bonds. The summed E-state index contributed by atoms with van der Waals surface area (Å²) in [6.07, 6.45) is 1.17. The maximum Gasteiger partial charge on any atom is 0.339 e. The van der Waals surface area contributed by atoms with E-state index in [1.165, 1.54) is 6.26 Å². The van der Waals surface area contributed by atoms with Gasteiger partial charge in [0, 0.05) is 11.8 Å². The van der Waals surface area contributed by atoms with Crippen LogP contribution in [0.15, 0.2) is 59.5 Å².